The molecule has 11 N–H and O–H groups in total. The summed E-state index contributed by atoms with van der Waals surface area (Å²) >= 11 is 0. The molecule has 3 saturated heterocycles. The molecule has 16 nitrogen and oxygen atoms in total. The van der Waals surface area contributed by atoms with Crippen LogP contribution in [0.25, 0.3) is 0 Å². The van der Waals surface area contributed by atoms with Crippen molar-refractivity contribution >= 4 is 0 Å². The van der Waals surface area contributed by atoms with Crippen LogP contribution < -0.4 is 0 Å². The monoisotopic (exact) mass is 504 g/mol. The van der Waals surface area contributed by atoms with Crippen LogP contribution in [0, 0.1) is 0 Å². The first-order chi connectivity index (χ1) is 16.0. The summed E-state index contributed by atoms with van der Waals surface area (Å²) in [5, 5.41) is 110. The largest absolute Gasteiger partial charge is 0.394 e. The molecule has 14 atom stereocenters. The molecule has 1 unspecified atom stereocenters. The van der Waals surface area contributed by atoms with Crippen molar-refractivity contribution in [1.29, 1.82) is 0 Å². The van der Waals surface area contributed by atoms with Gasteiger partial charge >= 0.3 is 0 Å². The fourth-order valence-electron chi connectivity index (χ4n) is 4.19. The molecule has 3 fully saturated rings. The summed E-state index contributed by atoms with van der Waals surface area (Å²) in [5.74, 6) is -2.40. The van der Waals surface area contributed by atoms with Gasteiger partial charge in [0.1, 0.15) is 73.8 Å². The van der Waals surface area contributed by atoms with Crippen molar-refractivity contribution in [3.63, 3.8) is 0 Å². The van der Waals surface area contributed by atoms with E-state index < -0.39 is 112 Å². The molecule has 0 amide bonds. The van der Waals surface area contributed by atoms with Crippen molar-refractivity contribution in [2.75, 3.05) is 26.4 Å². The molecule has 3 aliphatic heterocycles. The molecule has 34 heavy (non-hydrogen) atoms. The van der Waals surface area contributed by atoms with Gasteiger partial charge < -0.3 is 79.9 Å². The van der Waals surface area contributed by atoms with Crippen LogP contribution in [-0.2, 0) is 23.7 Å². The maximum atomic E-state index is 10.8. The van der Waals surface area contributed by atoms with E-state index in [1.165, 1.54) is 0 Å². The molecule has 0 aromatic rings. The number of hydrogen-bond donors (Lipinski definition) is 11. The second-order valence-corrected chi connectivity index (χ2v) is 8.36. The molecule has 0 radical (unpaired) electrons. The third kappa shape index (κ3) is 4.96. The topological polar surface area (TPSA) is 269 Å². The summed E-state index contributed by atoms with van der Waals surface area (Å²) in [6.07, 6.45) is -22.3. The van der Waals surface area contributed by atoms with Crippen LogP contribution in [0.2, 0.25) is 0 Å². The highest BCUT2D eigenvalue weighted by atomic mass is 16.8. The predicted molar refractivity (Wildman–Crippen MR) is 101 cm³/mol. The molecule has 0 bridgehead atoms. The Morgan fingerprint density at radius 3 is 1.76 bits per heavy atom. The number of aliphatic hydroxyl groups is 11. The van der Waals surface area contributed by atoms with E-state index in [0.29, 0.717) is 0 Å². The molecular weight excluding hydrogens is 472 g/mol. The van der Waals surface area contributed by atoms with Gasteiger partial charge in [-0.1, -0.05) is 0 Å². The second-order valence-electron chi connectivity index (χ2n) is 8.36. The van der Waals surface area contributed by atoms with Gasteiger partial charge in [0, 0.05) is 0 Å². The smallest absolute Gasteiger partial charge is 0.222 e. The van der Waals surface area contributed by atoms with Crippen molar-refractivity contribution in [3.05, 3.63) is 0 Å². The molecule has 3 heterocycles. The van der Waals surface area contributed by atoms with Gasteiger partial charge in [-0.3, -0.25) is 0 Å². The first-order valence-electron chi connectivity index (χ1n) is 10.6. The molecule has 0 aliphatic carbocycles. The lowest BCUT2D eigenvalue weighted by molar-refractivity contribution is -0.382. The van der Waals surface area contributed by atoms with E-state index in [-0.39, 0.29) is 0 Å². The molecule has 3 rings (SSSR count). The summed E-state index contributed by atoms with van der Waals surface area (Å²) in [4.78, 5) is 0. The maximum absolute atomic E-state index is 10.8. The van der Waals surface area contributed by atoms with Gasteiger partial charge in [0.05, 0.1) is 19.8 Å². The number of ether oxygens (including phenoxy) is 5. The lowest BCUT2D eigenvalue weighted by Crippen LogP contribution is -2.66. The van der Waals surface area contributed by atoms with Gasteiger partial charge in [0.25, 0.3) is 0 Å². The molecule has 0 aromatic heterocycles. The Bertz CT molecular complexity index is 653. The van der Waals surface area contributed by atoms with Crippen LogP contribution in [0.15, 0.2) is 0 Å². The molecule has 0 aromatic carbocycles. The minimum atomic E-state index is -2.40. The van der Waals surface area contributed by atoms with E-state index in [1.807, 2.05) is 0 Å². The Morgan fingerprint density at radius 2 is 1.24 bits per heavy atom. The van der Waals surface area contributed by atoms with Crippen LogP contribution in [0.3, 0.4) is 0 Å². The summed E-state index contributed by atoms with van der Waals surface area (Å²) in [6, 6.07) is 0. The second kappa shape index (κ2) is 11.2. The quantitative estimate of drug-likeness (QED) is 0.146. The lowest BCUT2D eigenvalue weighted by atomic mass is 9.96. The zero-order valence-corrected chi connectivity index (χ0v) is 17.8. The van der Waals surface area contributed by atoms with Crippen LogP contribution >= 0.6 is 0 Å². The first kappa shape index (κ1) is 27.9. The zero-order valence-electron chi connectivity index (χ0n) is 17.8. The average Bonchev–Trinajstić information content (AvgIpc) is 3.08. The van der Waals surface area contributed by atoms with Crippen LogP contribution in [0.4, 0.5) is 0 Å². The van der Waals surface area contributed by atoms with E-state index in [2.05, 4.69) is 0 Å². The van der Waals surface area contributed by atoms with Crippen molar-refractivity contribution in [2.45, 2.75) is 85.5 Å². The first-order valence-corrected chi connectivity index (χ1v) is 10.6. The molecule has 16 heteroatoms. The molecule has 200 valence electrons. The van der Waals surface area contributed by atoms with Crippen LogP contribution in [0.1, 0.15) is 0 Å². The van der Waals surface area contributed by atoms with Crippen molar-refractivity contribution in [1.82, 2.24) is 0 Å². The fraction of sp³-hybridized carbons (Fsp3) is 1.00. The standard InChI is InChI=1S/C18H32O16/c19-1-5-8(23)14(34-18(4-22)15(28)9(24)6(2-20)33-18)12(27)17(31-5)32-13-7(3-21)30-16(29)11(26)10(13)25/h5-17,19-29H,1-4H2/t5-,6-,7-,8-,9-,10-,11-,12-,13-,14+,15+,16-,17-,18?/m1/s1. The minimum absolute atomic E-state index is 0.760. The van der Waals surface area contributed by atoms with Gasteiger partial charge in [0.2, 0.25) is 5.79 Å². The van der Waals surface area contributed by atoms with Gasteiger partial charge in [-0.15, -0.1) is 0 Å². The Kier molecular flexibility index (Phi) is 9.18. The van der Waals surface area contributed by atoms with E-state index in [9.17, 15) is 56.2 Å². The number of rotatable bonds is 8. The Balaban J connectivity index is 1.83. The highest BCUT2D eigenvalue weighted by Crippen LogP contribution is 2.37. The third-order valence-corrected chi connectivity index (χ3v) is 6.19. The Labute approximate surface area is 192 Å². The van der Waals surface area contributed by atoms with Gasteiger partial charge in [0.15, 0.2) is 12.6 Å². The van der Waals surface area contributed by atoms with Crippen molar-refractivity contribution < 1.29 is 79.9 Å². The highest BCUT2D eigenvalue weighted by Gasteiger charge is 2.59. The van der Waals surface area contributed by atoms with E-state index in [4.69, 9.17) is 23.7 Å². The van der Waals surface area contributed by atoms with Crippen LogP contribution in [-0.4, -0.2) is 168 Å². The molecule has 0 spiro atoms. The summed E-state index contributed by atoms with van der Waals surface area (Å²) in [6.45, 7) is -3.46. The van der Waals surface area contributed by atoms with E-state index in [0.717, 1.165) is 0 Å². The molecule has 0 saturated carbocycles. The lowest BCUT2D eigenvalue weighted by Gasteiger charge is -2.47. The van der Waals surface area contributed by atoms with Crippen molar-refractivity contribution in [3.8, 4) is 0 Å². The number of hydrogen-bond acceptors (Lipinski definition) is 16. The Hall–Kier alpha value is -0.640. The summed E-state index contributed by atoms with van der Waals surface area (Å²) in [7, 11) is 0. The molecule has 3 aliphatic rings. The third-order valence-electron chi connectivity index (χ3n) is 6.19. The predicted octanol–water partition coefficient (Wildman–Crippen LogP) is -7.57. The highest BCUT2D eigenvalue weighted by molar-refractivity contribution is 5.00. The van der Waals surface area contributed by atoms with Gasteiger partial charge in [-0.2, -0.15) is 0 Å². The van der Waals surface area contributed by atoms with Crippen LogP contribution in [0.5, 0.6) is 0 Å². The normalized spacial score (nSPS) is 52.1. The number of aliphatic hydroxyl groups excluding tert-OH is 11. The van der Waals surface area contributed by atoms with Crippen molar-refractivity contribution in [2.24, 2.45) is 0 Å². The summed E-state index contributed by atoms with van der Waals surface area (Å²) < 4.78 is 26.5. The average molecular weight is 504 g/mol. The van der Waals surface area contributed by atoms with E-state index >= 15 is 0 Å². The Morgan fingerprint density at radius 1 is 0.618 bits per heavy atom. The van der Waals surface area contributed by atoms with Gasteiger partial charge in [-0.25, -0.2) is 0 Å². The minimum Gasteiger partial charge on any atom is -0.394 e. The zero-order chi connectivity index (χ0) is 25.4. The maximum Gasteiger partial charge on any atom is 0.222 e. The summed E-state index contributed by atoms with van der Waals surface area (Å²) in [5.41, 5.74) is 0. The van der Waals surface area contributed by atoms with Gasteiger partial charge in [-0.05, 0) is 0 Å². The van der Waals surface area contributed by atoms with E-state index in [1.54, 1.807) is 0 Å². The SMILES string of the molecule is OC[C@H]1OC(CO)(O[C@@H]2[C@@H](O)[C@@H](O[C@H]3[C@H](O)[C@@H](O)[C@H](O)O[C@@H]3CO)O[C@H](CO)[C@H]2O)[C@@H](O)[C@@H]1O. The fourth-order valence-corrected chi connectivity index (χ4v) is 4.19. The molecular formula is C18H32O16.